The third-order valence-electron chi connectivity index (χ3n) is 5.59. The fourth-order valence-corrected chi connectivity index (χ4v) is 3.88. The topological polar surface area (TPSA) is 89.1 Å². The van der Waals surface area contributed by atoms with Crippen molar-refractivity contribution in [3.05, 3.63) is 42.0 Å². The minimum Gasteiger partial charge on any atom is -0.495 e. The Morgan fingerprint density at radius 3 is 2.61 bits per heavy atom. The number of ether oxygens (including phenoxy) is 3. The zero-order valence-electron chi connectivity index (χ0n) is 17.8. The highest BCUT2D eigenvalue weighted by molar-refractivity contribution is 5.94. The van der Waals surface area contributed by atoms with Crippen LogP contribution in [-0.2, 0) is 9.59 Å². The molecule has 0 aliphatic carbocycles. The van der Waals surface area contributed by atoms with Gasteiger partial charge in [-0.2, -0.15) is 0 Å². The highest BCUT2D eigenvalue weighted by Crippen LogP contribution is 2.34. The van der Waals surface area contributed by atoms with Crippen LogP contribution in [0.1, 0.15) is 18.4 Å². The van der Waals surface area contributed by atoms with Crippen LogP contribution in [0.25, 0.3) is 0 Å². The average molecular weight is 425 g/mol. The Kier molecular flexibility index (Phi) is 6.27. The van der Waals surface area contributed by atoms with Crippen LogP contribution in [-0.4, -0.2) is 50.3 Å². The molecule has 2 N–H and O–H groups in total. The molecule has 2 aromatic rings. The standard InChI is InChI=1S/C23H27N3O5/c1-15-3-5-19(29-2)18(11-15)25-22(27)13-26-9-7-16(8-10-26)23(28)24-17-4-6-20-21(12-17)31-14-30-20/h3-6,11-12,16H,7-10,13-14H2,1-2H3,(H,24,28)(H,25,27). The first kappa shape index (κ1) is 21.0. The molecule has 2 heterocycles. The van der Waals surface area contributed by atoms with Gasteiger partial charge < -0.3 is 24.8 Å². The summed E-state index contributed by atoms with van der Waals surface area (Å²) in [5.41, 5.74) is 2.42. The monoisotopic (exact) mass is 425 g/mol. The maximum absolute atomic E-state index is 12.6. The highest BCUT2D eigenvalue weighted by Gasteiger charge is 2.26. The van der Waals surface area contributed by atoms with Gasteiger partial charge in [0.15, 0.2) is 11.5 Å². The summed E-state index contributed by atoms with van der Waals surface area (Å²) in [4.78, 5) is 27.2. The molecule has 0 unspecified atom stereocenters. The van der Waals surface area contributed by atoms with Crippen LogP contribution < -0.4 is 24.8 Å². The third kappa shape index (κ3) is 5.08. The van der Waals surface area contributed by atoms with Gasteiger partial charge in [0, 0.05) is 17.7 Å². The van der Waals surface area contributed by atoms with Crippen LogP contribution in [0, 0.1) is 12.8 Å². The Hall–Kier alpha value is -3.26. The predicted molar refractivity (Wildman–Crippen MR) is 117 cm³/mol. The molecule has 164 valence electrons. The second-order valence-electron chi connectivity index (χ2n) is 7.86. The number of rotatable bonds is 6. The molecule has 0 bridgehead atoms. The Bertz CT molecular complexity index is 970. The van der Waals surface area contributed by atoms with Crippen molar-refractivity contribution in [1.29, 1.82) is 0 Å². The lowest BCUT2D eigenvalue weighted by Crippen LogP contribution is -2.41. The zero-order valence-corrected chi connectivity index (χ0v) is 17.8. The van der Waals surface area contributed by atoms with Crippen molar-refractivity contribution >= 4 is 23.2 Å². The molecule has 2 aliphatic heterocycles. The van der Waals surface area contributed by atoms with E-state index in [1.165, 1.54) is 0 Å². The molecular weight excluding hydrogens is 398 g/mol. The molecule has 2 aromatic carbocycles. The Morgan fingerprint density at radius 1 is 1.06 bits per heavy atom. The molecule has 8 nitrogen and oxygen atoms in total. The Labute approximate surface area is 181 Å². The number of hydrogen-bond donors (Lipinski definition) is 2. The lowest BCUT2D eigenvalue weighted by molar-refractivity contribution is -0.121. The predicted octanol–water partition coefficient (Wildman–Crippen LogP) is 3.02. The number of hydrogen-bond acceptors (Lipinski definition) is 6. The summed E-state index contributed by atoms with van der Waals surface area (Å²) in [6, 6.07) is 11.1. The number of piperidine rings is 1. The van der Waals surface area contributed by atoms with Crippen molar-refractivity contribution in [2.75, 3.05) is 44.2 Å². The van der Waals surface area contributed by atoms with Crippen LogP contribution in [0.3, 0.4) is 0 Å². The second kappa shape index (κ2) is 9.26. The number of carbonyl (C=O) groups excluding carboxylic acids is 2. The molecule has 0 radical (unpaired) electrons. The molecule has 1 saturated heterocycles. The number of nitrogens with zero attached hydrogens (tertiary/aromatic N) is 1. The summed E-state index contributed by atoms with van der Waals surface area (Å²) in [5, 5.41) is 5.89. The van der Waals surface area contributed by atoms with E-state index in [2.05, 4.69) is 15.5 Å². The van der Waals surface area contributed by atoms with E-state index in [9.17, 15) is 9.59 Å². The van der Waals surface area contributed by atoms with E-state index in [0.717, 1.165) is 5.56 Å². The second-order valence-corrected chi connectivity index (χ2v) is 7.86. The van der Waals surface area contributed by atoms with E-state index in [1.807, 2.05) is 31.2 Å². The molecular formula is C23H27N3O5. The first-order valence-electron chi connectivity index (χ1n) is 10.4. The molecule has 1 fully saturated rings. The smallest absolute Gasteiger partial charge is 0.238 e. The van der Waals surface area contributed by atoms with Gasteiger partial charge in [-0.25, -0.2) is 0 Å². The van der Waals surface area contributed by atoms with Gasteiger partial charge >= 0.3 is 0 Å². The van der Waals surface area contributed by atoms with Gasteiger partial charge in [0.1, 0.15) is 5.75 Å². The number of methoxy groups -OCH3 is 1. The van der Waals surface area contributed by atoms with Crippen molar-refractivity contribution in [2.45, 2.75) is 19.8 Å². The summed E-state index contributed by atoms with van der Waals surface area (Å²) in [6.45, 7) is 3.84. The number of carbonyl (C=O) groups is 2. The SMILES string of the molecule is COc1ccc(C)cc1NC(=O)CN1CCC(C(=O)Nc2ccc3c(c2)OCO3)CC1. The lowest BCUT2D eigenvalue weighted by Gasteiger charge is -2.30. The highest BCUT2D eigenvalue weighted by atomic mass is 16.7. The molecule has 2 aliphatic rings. The first-order valence-corrected chi connectivity index (χ1v) is 10.4. The van der Waals surface area contributed by atoms with E-state index < -0.39 is 0 Å². The molecule has 0 saturated carbocycles. The largest absolute Gasteiger partial charge is 0.495 e. The van der Waals surface area contributed by atoms with Gasteiger partial charge in [0.05, 0.1) is 19.3 Å². The Balaban J connectivity index is 1.25. The molecule has 0 aromatic heterocycles. The fourth-order valence-electron chi connectivity index (χ4n) is 3.88. The number of anilines is 2. The average Bonchev–Trinajstić information content (AvgIpc) is 3.22. The first-order chi connectivity index (χ1) is 15.0. The minimum absolute atomic E-state index is 0.00698. The number of fused-ring (bicyclic) bond motifs is 1. The summed E-state index contributed by atoms with van der Waals surface area (Å²) >= 11 is 0. The number of nitrogens with one attached hydrogen (secondary N) is 2. The molecule has 4 rings (SSSR count). The Morgan fingerprint density at radius 2 is 1.84 bits per heavy atom. The number of aryl methyl sites for hydroxylation is 1. The van der Waals surface area contributed by atoms with E-state index in [0.29, 0.717) is 54.6 Å². The summed E-state index contributed by atoms with van der Waals surface area (Å²) in [5.74, 6) is 1.79. The van der Waals surface area contributed by atoms with Crippen LogP contribution in [0.4, 0.5) is 11.4 Å². The van der Waals surface area contributed by atoms with Crippen LogP contribution >= 0.6 is 0 Å². The van der Waals surface area contributed by atoms with Crippen LogP contribution in [0.5, 0.6) is 17.2 Å². The van der Waals surface area contributed by atoms with Crippen molar-refractivity contribution in [1.82, 2.24) is 4.90 Å². The van der Waals surface area contributed by atoms with Gasteiger partial charge in [-0.3, -0.25) is 14.5 Å². The number of amides is 2. The summed E-state index contributed by atoms with van der Waals surface area (Å²) in [7, 11) is 1.58. The maximum Gasteiger partial charge on any atom is 0.238 e. The van der Waals surface area contributed by atoms with Gasteiger partial charge in [0.25, 0.3) is 0 Å². The van der Waals surface area contributed by atoms with E-state index in [4.69, 9.17) is 14.2 Å². The van der Waals surface area contributed by atoms with Crippen molar-refractivity contribution in [3.8, 4) is 17.2 Å². The van der Waals surface area contributed by atoms with Crippen molar-refractivity contribution in [3.63, 3.8) is 0 Å². The van der Waals surface area contributed by atoms with Gasteiger partial charge in [-0.05, 0) is 62.7 Å². The van der Waals surface area contributed by atoms with Gasteiger partial charge in [-0.15, -0.1) is 0 Å². The molecule has 8 heteroatoms. The zero-order chi connectivity index (χ0) is 21.8. The van der Waals surface area contributed by atoms with Crippen molar-refractivity contribution in [2.24, 2.45) is 5.92 Å². The minimum atomic E-state index is -0.0906. The van der Waals surface area contributed by atoms with Crippen LogP contribution in [0.15, 0.2) is 36.4 Å². The quantitative estimate of drug-likeness (QED) is 0.740. The van der Waals surface area contributed by atoms with Crippen molar-refractivity contribution < 1.29 is 23.8 Å². The molecule has 0 atom stereocenters. The fraction of sp³-hybridized carbons (Fsp3) is 0.391. The van der Waals surface area contributed by atoms with Gasteiger partial charge in [-0.1, -0.05) is 6.07 Å². The van der Waals surface area contributed by atoms with Crippen LogP contribution in [0.2, 0.25) is 0 Å². The lowest BCUT2D eigenvalue weighted by atomic mass is 9.95. The van der Waals surface area contributed by atoms with E-state index in [-0.39, 0.29) is 31.1 Å². The van der Waals surface area contributed by atoms with E-state index in [1.54, 1.807) is 19.2 Å². The van der Waals surface area contributed by atoms with E-state index >= 15 is 0 Å². The number of likely N-dealkylation sites (tertiary alicyclic amines) is 1. The third-order valence-corrected chi connectivity index (χ3v) is 5.59. The maximum atomic E-state index is 12.6. The van der Waals surface area contributed by atoms with Gasteiger partial charge in [0.2, 0.25) is 18.6 Å². The normalized spacial score (nSPS) is 16.1. The summed E-state index contributed by atoms with van der Waals surface area (Å²) < 4.78 is 16.0. The molecule has 31 heavy (non-hydrogen) atoms. The summed E-state index contributed by atoms with van der Waals surface area (Å²) in [6.07, 6.45) is 1.41. The number of benzene rings is 2. The molecule has 0 spiro atoms. The molecule has 2 amide bonds.